The number of rotatable bonds is 5. The summed E-state index contributed by atoms with van der Waals surface area (Å²) < 4.78 is 126. The summed E-state index contributed by atoms with van der Waals surface area (Å²) in [6, 6.07) is 29.7. The number of hydrogen-bond donors (Lipinski definition) is 0. The van der Waals surface area contributed by atoms with E-state index in [-0.39, 0.29) is 0 Å². The second kappa shape index (κ2) is 32.7. The van der Waals surface area contributed by atoms with Gasteiger partial charge in [0.25, 0.3) is 0 Å². The first-order valence-corrected chi connectivity index (χ1v) is 19.3. The van der Waals surface area contributed by atoms with Gasteiger partial charge in [-0.15, -0.1) is 0 Å². The van der Waals surface area contributed by atoms with Gasteiger partial charge < -0.3 is 72.4 Å². The van der Waals surface area contributed by atoms with Gasteiger partial charge in [0.15, 0.2) is 24.8 Å². The largest absolute Gasteiger partial charge is 0.673 e. The van der Waals surface area contributed by atoms with Gasteiger partial charge in [0.2, 0.25) is 13.1 Å². The zero-order valence-electron chi connectivity index (χ0n) is 33.5. The van der Waals surface area contributed by atoms with Crippen molar-refractivity contribution in [2.45, 2.75) is 13.1 Å². The Balaban J connectivity index is 0.000000339. The third kappa shape index (κ3) is 31.9. The third-order valence-corrected chi connectivity index (χ3v) is 7.59. The Bertz CT molecular complexity index is 1370. The van der Waals surface area contributed by atoms with Crippen LogP contribution in [0.25, 0.3) is 22.3 Å². The topological polar surface area (TPSA) is 81.6 Å². The smallest absolute Gasteiger partial charge is 0.418 e. The van der Waals surface area contributed by atoms with Crippen molar-refractivity contribution in [1.82, 2.24) is 0 Å². The van der Waals surface area contributed by atoms with E-state index in [0.29, 0.717) is 106 Å². The minimum Gasteiger partial charge on any atom is -0.418 e. The molecule has 0 N–H and O–H groups in total. The molecule has 2 aromatic carbocycles. The van der Waals surface area contributed by atoms with Crippen LogP contribution in [0.5, 0.6) is 0 Å². The van der Waals surface area contributed by atoms with Gasteiger partial charge in [-0.1, -0.05) is 60.7 Å². The highest BCUT2D eigenvalue weighted by atomic mass is 19.5. The second-order valence-electron chi connectivity index (χ2n) is 12.3. The zero-order valence-corrected chi connectivity index (χ0v) is 33.5. The van der Waals surface area contributed by atoms with E-state index in [1.807, 2.05) is 12.1 Å². The van der Waals surface area contributed by atoms with E-state index >= 15 is 0 Å². The molecule has 0 atom stereocenters. The van der Waals surface area contributed by atoms with Gasteiger partial charge in [-0.05, 0) is 22.3 Å². The van der Waals surface area contributed by atoms with Crippen molar-refractivity contribution < 1.29 is 81.6 Å². The number of hydrogen-bond acceptors (Lipinski definition) is 8. The number of ether oxygens (including phenoxy) is 8. The molecule has 1 aliphatic heterocycles. The van der Waals surface area contributed by atoms with Crippen molar-refractivity contribution in [2.24, 2.45) is 0 Å². The van der Waals surface area contributed by atoms with Crippen molar-refractivity contribution in [3.05, 3.63) is 110 Å². The molecule has 10 nitrogen and oxygen atoms in total. The Morgan fingerprint density at radius 1 is 0.300 bits per heavy atom. The zero-order chi connectivity index (χ0) is 43.6. The number of pyridine rings is 2. The Morgan fingerprint density at radius 3 is 0.650 bits per heavy atom. The van der Waals surface area contributed by atoms with Crippen LogP contribution in [-0.4, -0.2) is 120 Å². The van der Waals surface area contributed by atoms with E-state index in [9.17, 15) is 34.5 Å². The lowest BCUT2D eigenvalue weighted by Gasteiger charge is -2.09. The van der Waals surface area contributed by atoms with Crippen LogP contribution in [0.1, 0.15) is 0 Å². The SMILES string of the molecule is C1COCCOCCOCCOCCOCCOCCOCCO1.F[B-](F)(F)F.F[B-](F)(F)F.c1ccc(-c2cc[n+](CC[n+]3ccc(-c4ccccc4)cc3)cc2)cc1. The lowest BCUT2D eigenvalue weighted by molar-refractivity contribution is -0.778. The van der Waals surface area contributed by atoms with E-state index in [1.165, 1.54) is 22.3 Å². The molecule has 0 aliphatic carbocycles. The number of nitrogens with zero attached hydrogens (tertiary/aromatic N) is 2. The van der Waals surface area contributed by atoms with Crippen LogP contribution in [-0.2, 0) is 51.0 Å². The minimum atomic E-state index is -6.00. The molecule has 0 spiro atoms. The van der Waals surface area contributed by atoms with Gasteiger partial charge in [-0.25, -0.2) is 0 Å². The highest BCUT2D eigenvalue weighted by molar-refractivity contribution is 6.50. The fourth-order valence-electron chi connectivity index (χ4n) is 4.85. The van der Waals surface area contributed by atoms with E-state index in [0.717, 1.165) is 13.1 Å². The van der Waals surface area contributed by atoms with Gasteiger partial charge in [0.05, 0.1) is 106 Å². The maximum absolute atomic E-state index is 9.75. The first-order valence-electron chi connectivity index (χ1n) is 19.3. The van der Waals surface area contributed by atoms with Crippen LogP contribution in [0.15, 0.2) is 110 Å². The maximum Gasteiger partial charge on any atom is 0.673 e. The molecular weight excluding hydrogens is 810 g/mol. The van der Waals surface area contributed by atoms with E-state index < -0.39 is 14.5 Å². The average molecular weight is 864 g/mol. The van der Waals surface area contributed by atoms with Crippen molar-refractivity contribution in [3.8, 4) is 22.3 Å². The van der Waals surface area contributed by atoms with Gasteiger partial charge in [-0.2, -0.15) is 9.13 Å². The van der Waals surface area contributed by atoms with Crippen LogP contribution in [0.4, 0.5) is 34.5 Å². The van der Waals surface area contributed by atoms with E-state index in [4.69, 9.17) is 37.9 Å². The Kier molecular flexibility index (Phi) is 28.4. The van der Waals surface area contributed by atoms with Crippen LogP contribution < -0.4 is 9.13 Å². The molecule has 0 bridgehead atoms. The fraction of sp³-hybridized carbons (Fsp3) is 0.450. The molecule has 4 aromatic rings. The molecule has 1 aliphatic rings. The molecule has 1 fully saturated rings. The Hall–Kier alpha value is -4.01. The predicted molar refractivity (Wildman–Crippen MR) is 211 cm³/mol. The van der Waals surface area contributed by atoms with E-state index in [1.54, 1.807) is 0 Å². The molecule has 0 radical (unpaired) electrons. The maximum atomic E-state index is 9.75. The molecule has 0 amide bonds. The molecule has 0 saturated carbocycles. The molecule has 60 heavy (non-hydrogen) atoms. The van der Waals surface area contributed by atoms with Gasteiger partial charge >= 0.3 is 14.5 Å². The van der Waals surface area contributed by atoms with Crippen LogP contribution in [0, 0.1) is 0 Å². The fourth-order valence-corrected chi connectivity index (χ4v) is 4.85. The van der Waals surface area contributed by atoms with Crippen molar-refractivity contribution in [1.29, 1.82) is 0 Å². The summed E-state index contributed by atoms with van der Waals surface area (Å²) in [6.45, 7) is 10.8. The summed E-state index contributed by atoms with van der Waals surface area (Å²) in [5.41, 5.74) is 5.01. The van der Waals surface area contributed by atoms with E-state index in [2.05, 4.69) is 107 Å². The molecule has 2 aromatic heterocycles. The second-order valence-corrected chi connectivity index (χ2v) is 12.3. The van der Waals surface area contributed by atoms with Gasteiger partial charge in [0, 0.05) is 24.3 Å². The lowest BCUT2D eigenvalue weighted by Crippen LogP contribution is -2.43. The molecule has 334 valence electrons. The number of benzene rings is 2. The standard InChI is InChI=1S/C24H22N2.C16H32O8.2BF4/c1-3-7-21(8-4-1)23-11-15-25(16-12-23)19-20-26-17-13-24(14-18-26)22-9-5-2-6-10-22;1-2-18-5-6-20-9-10-22-13-14-24-16-15-23-12-11-21-8-7-19-4-3-17-1;2*2-1(3,4)5/h1-18H,19-20H2;1-16H2;;/q+2;;2*-1. The van der Waals surface area contributed by atoms with Gasteiger partial charge in [-0.3, -0.25) is 0 Å². The van der Waals surface area contributed by atoms with Crippen molar-refractivity contribution in [3.63, 3.8) is 0 Å². The molecule has 5 rings (SSSR count). The van der Waals surface area contributed by atoms with Crippen molar-refractivity contribution in [2.75, 3.05) is 106 Å². The number of halogens is 8. The van der Waals surface area contributed by atoms with Crippen LogP contribution in [0.3, 0.4) is 0 Å². The molecule has 1 saturated heterocycles. The van der Waals surface area contributed by atoms with Crippen LogP contribution >= 0.6 is 0 Å². The Labute approximate surface area is 346 Å². The minimum absolute atomic E-state index is 0.556. The summed E-state index contributed by atoms with van der Waals surface area (Å²) in [5, 5.41) is 0. The van der Waals surface area contributed by atoms with Crippen molar-refractivity contribution >= 4 is 14.5 Å². The average Bonchev–Trinajstić information content (AvgIpc) is 3.22. The Morgan fingerprint density at radius 2 is 0.467 bits per heavy atom. The lowest BCUT2D eigenvalue weighted by atomic mass is 10.1. The summed E-state index contributed by atoms with van der Waals surface area (Å²) in [4.78, 5) is 0. The quantitative estimate of drug-likeness (QED) is 0.120. The summed E-state index contributed by atoms with van der Waals surface area (Å²) in [7, 11) is -12.0. The number of aryl methyl sites for hydroxylation is 2. The third-order valence-electron chi connectivity index (χ3n) is 7.59. The van der Waals surface area contributed by atoms with Gasteiger partial charge in [0.1, 0.15) is 0 Å². The highest BCUT2D eigenvalue weighted by Gasteiger charge is 2.21. The summed E-state index contributed by atoms with van der Waals surface area (Å²) >= 11 is 0. The number of aromatic nitrogens is 2. The molecule has 20 heteroatoms. The normalized spacial score (nSPS) is 16.2. The first kappa shape index (κ1) is 52.1. The molecular formula is C40H54B2F8N2O8. The highest BCUT2D eigenvalue weighted by Crippen LogP contribution is 2.17. The molecule has 0 unspecified atom stereocenters. The predicted octanol–water partition coefficient (Wildman–Crippen LogP) is 7.03. The summed E-state index contributed by atoms with van der Waals surface area (Å²) in [5.74, 6) is 0. The summed E-state index contributed by atoms with van der Waals surface area (Å²) in [6.07, 6.45) is 8.62. The molecule has 3 heterocycles. The first-order chi connectivity index (χ1) is 28.9. The van der Waals surface area contributed by atoms with Crippen LogP contribution in [0.2, 0.25) is 0 Å². The monoisotopic (exact) mass is 864 g/mol.